The Morgan fingerprint density at radius 2 is 1.90 bits per heavy atom. The fourth-order valence-corrected chi connectivity index (χ4v) is 5.73. The van der Waals surface area contributed by atoms with Crippen molar-refractivity contribution in [1.29, 1.82) is 0 Å². The molecule has 1 aliphatic carbocycles. The molecular weight excluding hydrogens is 526 g/mol. The summed E-state index contributed by atoms with van der Waals surface area (Å²) >= 11 is 0. The standard InChI is InChI=1S/C30H39N5O6/c1-2-32(30(39)31-23-12-7-4-8-13-23)20-28(37)27(16-22-10-5-3-6-11-22)34(21-36)25-17-24(18-26(19-25)35(40)41)33-15-9-14-29(33)38/h3,5-6,10-11,17-19,21,23,27-28,37H,2,4,7-9,12-16,20H2,1H3,(H,31,39)/t27-,28-/m0/s1. The number of non-ortho nitro benzene ring substituents is 1. The third-order valence-corrected chi connectivity index (χ3v) is 7.99. The molecule has 2 N–H and O–H groups in total. The van der Waals surface area contributed by atoms with Crippen LogP contribution >= 0.6 is 0 Å². The Morgan fingerprint density at radius 3 is 2.51 bits per heavy atom. The highest BCUT2D eigenvalue weighted by molar-refractivity contribution is 5.96. The van der Waals surface area contributed by atoms with Crippen LogP contribution in [-0.2, 0) is 16.0 Å². The molecule has 11 heteroatoms. The number of hydrogen-bond donors (Lipinski definition) is 2. The van der Waals surface area contributed by atoms with Gasteiger partial charge in [-0.2, -0.15) is 0 Å². The first-order chi connectivity index (χ1) is 19.8. The first-order valence-corrected chi connectivity index (χ1v) is 14.4. The van der Waals surface area contributed by atoms with Crippen molar-refractivity contribution in [2.75, 3.05) is 29.4 Å². The van der Waals surface area contributed by atoms with Gasteiger partial charge in [-0.15, -0.1) is 0 Å². The highest BCUT2D eigenvalue weighted by atomic mass is 16.6. The van der Waals surface area contributed by atoms with Crippen molar-refractivity contribution in [2.45, 2.75) is 76.5 Å². The molecule has 2 aromatic rings. The Hall–Kier alpha value is -3.99. The van der Waals surface area contributed by atoms with E-state index in [4.69, 9.17) is 0 Å². The Bertz CT molecular complexity index is 1220. The number of urea groups is 1. The van der Waals surface area contributed by atoms with E-state index in [0.29, 0.717) is 38.0 Å². The Labute approximate surface area is 240 Å². The number of aliphatic hydroxyl groups excluding tert-OH is 1. The molecule has 1 saturated carbocycles. The van der Waals surface area contributed by atoms with Crippen molar-refractivity contribution >= 4 is 35.4 Å². The quantitative estimate of drug-likeness (QED) is 0.227. The zero-order valence-electron chi connectivity index (χ0n) is 23.5. The van der Waals surface area contributed by atoms with Crippen molar-refractivity contribution in [3.8, 4) is 0 Å². The van der Waals surface area contributed by atoms with E-state index in [2.05, 4.69) is 5.32 Å². The summed E-state index contributed by atoms with van der Waals surface area (Å²) in [5, 5.41) is 26.5. The summed E-state index contributed by atoms with van der Waals surface area (Å²) in [6, 6.07) is 12.5. The van der Waals surface area contributed by atoms with E-state index in [9.17, 15) is 29.6 Å². The van der Waals surface area contributed by atoms with Gasteiger partial charge in [0.1, 0.15) is 0 Å². The SMILES string of the molecule is CCN(C[C@H](O)[C@H](Cc1ccccc1)N(C=O)c1cc(N2CCCC2=O)cc([N+](=O)[O-])c1)C(=O)NC1CCCCC1. The van der Waals surface area contributed by atoms with Crippen molar-refractivity contribution < 1.29 is 24.4 Å². The van der Waals surface area contributed by atoms with E-state index >= 15 is 0 Å². The van der Waals surface area contributed by atoms with E-state index in [1.807, 2.05) is 37.3 Å². The van der Waals surface area contributed by atoms with Crippen LogP contribution in [0.3, 0.4) is 0 Å². The van der Waals surface area contributed by atoms with Gasteiger partial charge in [-0.05, 0) is 44.2 Å². The van der Waals surface area contributed by atoms with E-state index in [-0.39, 0.29) is 42.3 Å². The molecule has 1 saturated heterocycles. The van der Waals surface area contributed by atoms with Crippen LogP contribution in [-0.4, -0.2) is 71.1 Å². The van der Waals surface area contributed by atoms with E-state index in [1.165, 1.54) is 26.8 Å². The normalized spacial score (nSPS) is 17.1. The molecular formula is C30H39N5O6. The molecule has 0 unspecified atom stereocenters. The van der Waals surface area contributed by atoms with E-state index in [1.54, 1.807) is 6.07 Å². The molecule has 1 heterocycles. The minimum Gasteiger partial charge on any atom is -0.389 e. The van der Waals surface area contributed by atoms with Crippen LogP contribution in [0.5, 0.6) is 0 Å². The third-order valence-electron chi connectivity index (χ3n) is 7.99. The van der Waals surface area contributed by atoms with Gasteiger partial charge in [0.25, 0.3) is 5.69 Å². The van der Waals surface area contributed by atoms with Crippen molar-refractivity contribution in [2.24, 2.45) is 0 Å². The van der Waals surface area contributed by atoms with Gasteiger partial charge in [-0.1, -0.05) is 49.6 Å². The molecule has 4 amide bonds. The summed E-state index contributed by atoms with van der Waals surface area (Å²) < 4.78 is 0. The van der Waals surface area contributed by atoms with Gasteiger partial charge in [0.15, 0.2) is 0 Å². The van der Waals surface area contributed by atoms with Crippen LogP contribution in [0.2, 0.25) is 0 Å². The molecule has 2 fully saturated rings. The zero-order chi connectivity index (χ0) is 29.4. The van der Waals surface area contributed by atoms with Crippen LogP contribution in [0.1, 0.15) is 57.4 Å². The lowest BCUT2D eigenvalue weighted by Gasteiger charge is -2.36. The van der Waals surface area contributed by atoms with Crippen LogP contribution < -0.4 is 15.1 Å². The number of hydrogen-bond acceptors (Lipinski definition) is 6. The summed E-state index contributed by atoms with van der Waals surface area (Å²) in [7, 11) is 0. The second-order valence-electron chi connectivity index (χ2n) is 10.8. The van der Waals surface area contributed by atoms with E-state index in [0.717, 1.165) is 37.7 Å². The number of amides is 4. The molecule has 0 bridgehead atoms. The lowest BCUT2D eigenvalue weighted by atomic mass is 9.95. The molecule has 2 aliphatic rings. The number of aliphatic hydroxyl groups is 1. The number of nitrogens with one attached hydrogen (secondary N) is 1. The number of carbonyl (C=O) groups is 3. The van der Waals surface area contributed by atoms with Gasteiger partial charge in [0, 0.05) is 37.7 Å². The van der Waals surface area contributed by atoms with Crippen LogP contribution in [0.25, 0.3) is 0 Å². The summed E-state index contributed by atoms with van der Waals surface area (Å²) in [4.78, 5) is 53.8. The van der Waals surface area contributed by atoms with Gasteiger partial charge in [-0.25, -0.2) is 4.79 Å². The number of likely N-dealkylation sites (N-methyl/N-ethyl adjacent to an activating group) is 1. The molecule has 2 aromatic carbocycles. The summed E-state index contributed by atoms with van der Waals surface area (Å²) in [5.41, 5.74) is 1.11. The Morgan fingerprint density at radius 1 is 1.17 bits per heavy atom. The molecule has 0 aromatic heterocycles. The molecule has 0 radical (unpaired) electrons. The fourth-order valence-electron chi connectivity index (χ4n) is 5.73. The predicted octanol–water partition coefficient (Wildman–Crippen LogP) is 4.02. The highest BCUT2D eigenvalue weighted by Gasteiger charge is 2.32. The predicted molar refractivity (Wildman–Crippen MR) is 156 cm³/mol. The van der Waals surface area contributed by atoms with Crippen molar-refractivity contribution in [3.05, 3.63) is 64.2 Å². The van der Waals surface area contributed by atoms with Crippen molar-refractivity contribution in [3.63, 3.8) is 0 Å². The van der Waals surface area contributed by atoms with Crippen LogP contribution in [0, 0.1) is 10.1 Å². The number of rotatable bonds is 12. The maximum atomic E-state index is 13.1. The second-order valence-corrected chi connectivity index (χ2v) is 10.8. The average Bonchev–Trinajstić information content (AvgIpc) is 3.42. The van der Waals surface area contributed by atoms with Crippen LogP contribution in [0.4, 0.5) is 21.9 Å². The van der Waals surface area contributed by atoms with Crippen LogP contribution in [0.15, 0.2) is 48.5 Å². The number of anilines is 2. The number of nitrogens with zero attached hydrogens (tertiary/aromatic N) is 4. The maximum Gasteiger partial charge on any atom is 0.317 e. The largest absolute Gasteiger partial charge is 0.389 e. The number of benzene rings is 2. The second kappa shape index (κ2) is 14.1. The topological polar surface area (TPSA) is 136 Å². The summed E-state index contributed by atoms with van der Waals surface area (Å²) in [5.74, 6) is -0.141. The van der Waals surface area contributed by atoms with Gasteiger partial charge in [0.05, 0.1) is 35.0 Å². The summed E-state index contributed by atoms with van der Waals surface area (Å²) in [6.07, 6.45) is 5.76. The molecule has 0 spiro atoms. The first-order valence-electron chi connectivity index (χ1n) is 14.4. The fraction of sp³-hybridized carbons (Fsp3) is 0.500. The lowest BCUT2D eigenvalue weighted by Crippen LogP contribution is -2.53. The maximum absolute atomic E-state index is 13.1. The molecule has 4 rings (SSSR count). The molecule has 2 atom stereocenters. The number of carbonyl (C=O) groups excluding carboxylic acids is 3. The van der Waals surface area contributed by atoms with Gasteiger partial charge < -0.3 is 25.1 Å². The molecule has 220 valence electrons. The molecule has 1 aliphatic heterocycles. The zero-order valence-corrected chi connectivity index (χ0v) is 23.5. The van der Waals surface area contributed by atoms with E-state index < -0.39 is 17.1 Å². The number of nitro groups is 1. The van der Waals surface area contributed by atoms with Gasteiger partial charge >= 0.3 is 6.03 Å². The average molecular weight is 566 g/mol. The molecule has 41 heavy (non-hydrogen) atoms. The van der Waals surface area contributed by atoms with Crippen molar-refractivity contribution in [1.82, 2.24) is 10.2 Å². The first kappa shape index (κ1) is 30.0. The third kappa shape index (κ3) is 7.60. The van der Waals surface area contributed by atoms with Gasteiger partial charge in [0.2, 0.25) is 12.3 Å². The smallest absolute Gasteiger partial charge is 0.317 e. The minimum atomic E-state index is -1.17. The number of nitro benzene ring substituents is 1. The summed E-state index contributed by atoms with van der Waals surface area (Å²) in [6.45, 7) is 2.57. The highest BCUT2D eigenvalue weighted by Crippen LogP contribution is 2.33. The lowest BCUT2D eigenvalue weighted by molar-refractivity contribution is -0.384. The Balaban J connectivity index is 1.64. The molecule has 11 nitrogen and oxygen atoms in total. The Kier molecular flexibility index (Phi) is 10.3. The monoisotopic (exact) mass is 565 g/mol. The minimum absolute atomic E-state index is 0.0384. The van der Waals surface area contributed by atoms with Gasteiger partial charge in [-0.3, -0.25) is 19.7 Å².